The topological polar surface area (TPSA) is 57.7 Å². The van der Waals surface area contributed by atoms with Gasteiger partial charge in [0.15, 0.2) is 4.91 Å². The first-order chi connectivity index (χ1) is 14.4. The molecule has 7 heteroatoms. The van der Waals surface area contributed by atoms with E-state index in [4.69, 9.17) is 11.6 Å². The highest BCUT2D eigenvalue weighted by atomic mass is 35.5. The first-order valence-electron chi connectivity index (χ1n) is 10.4. The number of amides is 1. The fourth-order valence-corrected chi connectivity index (χ4v) is 6.27. The van der Waals surface area contributed by atoms with Crippen molar-refractivity contribution in [2.45, 2.75) is 32.6 Å². The van der Waals surface area contributed by atoms with Crippen LogP contribution in [0, 0.1) is 0 Å². The minimum atomic E-state index is -4.02. The van der Waals surface area contributed by atoms with Crippen molar-refractivity contribution in [3.05, 3.63) is 69.6 Å². The number of benzene rings is 2. The largest absolute Gasteiger partial charge is 0.338 e. The molecule has 2 aliphatic heterocycles. The van der Waals surface area contributed by atoms with Crippen molar-refractivity contribution in [2.75, 3.05) is 23.9 Å². The Balaban J connectivity index is 2.02. The van der Waals surface area contributed by atoms with E-state index in [-0.39, 0.29) is 11.4 Å². The van der Waals surface area contributed by atoms with Gasteiger partial charge in [0.1, 0.15) is 0 Å². The second-order valence-electron chi connectivity index (χ2n) is 7.61. The minimum absolute atomic E-state index is 0.146. The van der Waals surface area contributed by atoms with Crippen molar-refractivity contribution in [2.24, 2.45) is 0 Å². The van der Waals surface area contributed by atoms with Crippen LogP contribution in [-0.2, 0) is 14.8 Å². The molecule has 2 aromatic carbocycles. The summed E-state index contributed by atoms with van der Waals surface area (Å²) < 4.78 is 28.8. The summed E-state index contributed by atoms with van der Waals surface area (Å²) in [5.41, 5.74) is 2.35. The van der Waals surface area contributed by atoms with E-state index in [0.717, 1.165) is 25.7 Å². The van der Waals surface area contributed by atoms with Gasteiger partial charge in [0, 0.05) is 35.8 Å². The predicted octanol–water partition coefficient (Wildman–Crippen LogP) is 4.67. The molecule has 0 radical (unpaired) electrons. The summed E-state index contributed by atoms with van der Waals surface area (Å²) in [6.45, 7) is 3.16. The summed E-state index contributed by atoms with van der Waals surface area (Å²) in [5.74, 6) is -0.417. The molecule has 0 aromatic heterocycles. The standard InChI is InChI=1S/C23H25ClN2O3S/c1-2-26-20-13-12-18(24)16-19(20)21(17-10-6-5-7-11-17)22(30(26,28)29)23(27)25-14-8-3-4-9-15-25/h5-7,10-13,16H,2-4,8-9,14-15H2,1H3. The van der Waals surface area contributed by atoms with Gasteiger partial charge in [-0.25, -0.2) is 8.42 Å². The maximum Gasteiger partial charge on any atom is 0.270 e. The third-order valence-corrected chi connectivity index (χ3v) is 7.87. The molecule has 5 nitrogen and oxygen atoms in total. The number of fused-ring (bicyclic) bond motifs is 1. The number of carbonyl (C=O) groups excluding carboxylic acids is 1. The van der Waals surface area contributed by atoms with Gasteiger partial charge in [-0.15, -0.1) is 0 Å². The Morgan fingerprint density at radius 1 is 1.00 bits per heavy atom. The van der Waals surface area contributed by atoms with Crippen LogP contribution in [0.5, 0.6) is 0 Å². The minimum Gasteiger partial charge on any atom is -0.338 e. The first-order valence-corrected chi connectivity index (χ1v) is 12.2. The Kier molecular flexibility index (Phi) is 5.89. The fraction of sp³-hybridized carbons (Fsp3) is 0.348. The molecule has 0 unspecified atom stereocenters. The summed E-state index contributed by atoms with van der Waals surface area (Å²) in [6, 6.07) is 14.4. The van der Waals surface area contributed by atoms with Crippen LogP contribution in [0.3, 0.4) is 0 Å². The highest BCUT2D eigenvalue weighted by Gasteiger charge is 2.42. The van der Waals surface area contributed by atoms with E-state index < -0.39 is 15.9 Å². The van der Waals surface area contributed by atoms with Gasteiger partial charge in [-0.3, -0.25) is 9.10 Å². The van der Waals surface area contributed by atoms with Crippen molar-refractivity contribution in [3.63, 3.8) is 0 Å². The molecule has 1 amide bonds. The molecule has 1 saturated heterocycles. The highest BCUT2D eigenvalue weighted by molar-refractivity contribution is 7.97. The van der Waals surface area contributed by atoms with Gasteiger partial charge in [-0.05, 0) is 43.5 Å². The molecule has 4 rings (SSSR count). The summed E-state index contributed by atoms with van der Waals surface area (Å²) in [6.07, 6.45) is 3.89. The average Bonchev–Trinajstić information content (AvgIpc) is 3.02. The number of sulfonamides is 1. The molecule has 0 N–H and O–H groups in total. The number of hydrogen-bond donors (Lipinski definition) is 0. The lowest BCUT2D eigenvalue weighted by Gasteiger charge is -2.34. The quantitative estimate of drug-likeness (QED) is 0.691. The van der Waals surface area contributed by atoms with Crippen LogP contribution in [0.1, 0.15) is 43.7 Å². The lowest BCUT2D eigenvalue weighted by Crippen LogP contribution is -2.43. The van der Waals surface area contributed by atoms with Gasteiger partial charge in [0.05, 0.1) is 5.69 Å². The fourth-order valence-electron chi connectivity index (χ4n) is 4.28. The molecule has 1 fully saturated rings. The number of hydrogen-bond acceptors (Lipinski definition) is 3. The Morgan fingerprint density at radius 3 is 2.30 bits per heavy atom. The lowest BCUT2D eigenvalue weighted by atomic mass is 9.95. The molecular formula is C23H25ClN2O3S. The predicted molar refractivity (Wildman–Crippen MR) is 121 cm³/mol. The zero-order valence-electron chi connectivity index (χ0n) is 17.0. The third-order valence-electron chi connectivity index (χ3n) is 5.71. The number of halogens is 1. The van der Waals surface area contributed by atoms with E-state index >= 15 is 0 Å². The SMILES string of the molecule is CCN1c2ccc(Cl)cc2C(c2ccccc2)=C(C(=O)N2CCCCCC2)S1(=O)=O. The molecule has 0 atom stereocenters. The van der Waals surface area contributed by atoms with E-state index in [1.807, 2.05) is 30.3 Å². The van der Waals surface area contributed by atoms with Crippen molar-refractivity contribution < 1.29 is 13.2 Å². The zero-order chi connectivity index (χ0) is 21.3. The van der Waals surface area contributed by atoms with Gasteiger partial charge in [0.25, 0.3) is 15.9 Å². The maximum absolute atomic E-state index is 13.7. The van der Waals surface area contributed by atoms with Crippen molar-refractivity contribution >= 4 is 38.8 Å². The molecule has 0 bridgehead atoms. The molecular weight excluding hydrogens is 420 g/mol. The van der Waals surface area contributed by atoms with E-state index in [2.05, 4.69) is 0 Å². The van der Waals surface area contributed by atoms with Gasteiger partial charge in [-0.1, -0.05) is 54.8 Å². The van der Waals surface area contributed by atoms with Crippen LogP contribution in [0.25, 0.3) is 5.57 Å². The van der Waals surface area contributed by atoms with Gasteiger partial charge >= 0.3 is 0 Å². The Hall–Kier alpha value is -2.31. The van der Waals surface area contributed by atoms with Crippen LogP contribution in [0.2, 0.25) is 5.02 Å². The zero-order valence-corrected chi connectivity index (χ0v) is 18.5. The van der Waals surface area contributed by atoms with Gasteiger partial charge < -0.3 is 4.90 Å². The summed E-state index contributed by atoms with van der Waals surface area (Å²) in [5, 5.41) is 0.499. The second kappa shape index (κ2) is 8.44. The summed E-state index contributed by atoms with van der Waals surface area (Å²) in [7, 11) is -4.02. The van der Waals surface area contributed by atoms with E-state index in [0.29, 0.717) is 40.5 Å². The van der Waals surface area contributed by atoms with E-state index in [1.54, 1.807) is 30.0 Å². The van der Waals surface area contributed by atoms with Crippen LogP contribution < -0.4 is 4.31 Å². The maximum atomic E-state index is 13.7. The molecule has 0 saturated carbocycles. The van der Waals surface area contributed by atoms with Crippen LogP contribution >= 0.6 is 11.6 Å². The van der Waals surface area contributed by atoms with Crippen molar-refractivity contribution in [1.82, 2.24) is 4.90 Å². The molecule has 0 aliphatic carbocycles. The van der Waals surface area contributed by atoms with E-state index in [1.165, 1.54) is 4.31 Å². The number of carbonyl (C=O) groups is 1. The molecule has 2 aliphatic rings. The Bertz CT molecular complexity index is 1090. The van der Waals surface area contributed by atoms with Crippen molar-refractivity contribution in [3.8, 4) is 0 Å². The third kappa shape index (κ3) is 3.63. The lowest BCUT2D eigenvalue weighted by molar-refractivity contribution is -0.126. The molecule has 2 heterocycles. The van der Waals surface area contributed by atoms with Crippen LogP contribution in [-0.4, -0.2) is 38.9 Å². The second-order valence-corrected chi connectivity index (χ2v) is 9.84. The average molecular weight is 445 g/mol. The normalized spacial score (nSPS) is 18.7. The molecule has 30 heavy (non-hydrogen) atoms. The number of rotatable bonds is 3. The number of likely N-dealkylation sites (tertiary alicyclic amines) is 1. The first kappa shape index (κ1) is 20.9. The van der Waals surface area contributed by atoms with Crippen LogP contribution in [0.15, 0.2) is 53.4 Å². The Morgan fingerprint density at radius 2 is 1.67 bits per heavy atom. The van der Waals surface area contributed by atoms with Gasteiger partial charge in [0.2, 0.25) is 0 Å². The van der Waals surface area contributed by atoms with Gasteiger partial charge in [-0.2, -0.15) is 0 Å². The number of anilines is 1. The Labute approximate surface area is 183 Å². The van der Waals surface area contributed by atoms with Crippen molar-refractivity contribution in [1.29, 1.82) is 0 Å². The molecule has 2 aromatic rings. The monoisotopic (exact) mass is 444 g/mol. The highest BCUT2D eigenvalue weighted by Crippen LogP contribution is 2.44. The molecule has 158 valence electrons. The molecule has 0 spiro atoms. The summed E-state index contributed by atoms with van der Waals surface area (Å²) >= 11 is 6.30. The number of nitrogens with zero attached hydrogens (tertiary/aromatic N) is 2. The van der Waals surface area contributed by atoms with Crippen LogP contribution in [0.4, 0.5) is 5.69 Å². The summed E-state index contributed by atoms with van der Waals surface area (Å²) in [4.78, 5) is 15.2. The smallest absolute Gasteiger partial charge is 0.270 e. The van der Waals surface area contributed by atoms with E-state index in [9.17, 15) is 13.2 Å².